The van der Waals surface area contributed by atoms with E-state index in [4.69, 9.17) is 0 Å². The van der Waals surface area contributed by atoms with Crippen molar-refractivity contribution in [2.45, 2.75) is 51.6 Å². The van der Waals surface area contributed by atoms with Crippen LogP contribution in [-0.4, -0.2) is 5.11 Å². The highest BCUT2D eigenvalue weighted by Gasteiger charge is 2.37. The van der Waals surface area contributed by atoms with Gasteiger partial charge in [-0.3, -0.25) is 0 Å². The monoisotopic (exact) mass is 204 g/mol. The molecule has 1 fully saturated rings. The van der Waals surface area contributed by atoms with Crippen molar-refractivity contribution in [2.75, 3.05) is 0 Å². The van der Waals surface area contributed by atoms with Crippen molar-refractivity contribution in [1.82, 2.24) is 0 Å². The fraction of sp³-hybridized carbons (Fsp3) is 0.571. The lowest BCUT2D eigenvalue weighted by Gasteiger charge is -2.38. The van der Waals surface area contributed by atoms with Gasteiger partial charge in [0.1, 0.15) is 0 Å². The topological polar surface area (TPSA) is 20.2 Å². The summed E-state index contributed by atoms with van der Waals surface area (Å²) in [5.74, 6) is 0. The van der Waals surface area contributed by atoms with E-state index in [-0.39, 0.29) is 0 Å². The summed E-state index contributed by atoms with van der Waals surface area (Å²) in [6, 6.07) is 6.58. The van der Waals surface area contributed by atoms with Gasteiger partial charge in [0, 0.05) is 0 Å². The van der Waals surface area contributed by atoms with E-state index < -0.39 is 5.60 Å². The molecule has 0 saturated heterocycles. The lowest BCUT2D eigenvalue weighted by Crippen LogP contribution is -2.34. The van der Waals surface area contributed by atoms with Gasteiger partial charge in [-0.1, -0.05) is 32.0 Å². The minimum Gasteiger partial charge on any atom is -0.385 e. The molecule has 0 aliphatic heterocycles. The average Bonchev–Trinajstić information content (AvgIpc) is 2.25. The summed E-state index contributed by atoms with van der Waals surface area (Å²) in [7, 11) is 0. The molecule has 1 aliphatic carbocycles. The van der Waals surface area contributed by atoms with Crippen LogP contribution in [-0.2, 0) is 18.4 Å². The number of aryl methyl sites for hydroxylation is 2. The van der Waals surface area contributed by atoms with Gasteiger partial charge in [0.25, 0.3) is 0 Å². The predicted octanol–water partition coefficient (Wildman–Crippen LogP) is 3.18. The Labute approximate surface area is 92.1 Å². The van der Waals surface area contributed by atoms with Gasteiger partial charge in [-0.25, -0.2) is 0 Å². The summed E-state index contributed by atoms with van der Waals surface area (Å²) in [5, 5.41) is 10.4. The Hall–Kier alpha value is -0.820. The van der Waals surface area contributed by atoms with Crippen molar-refractivity contribution in [3.8, 4) is 0 Å². The normalized spacial score (nSPS) is 18.6. The zero-order chi connectivity index (χ0) is 10.9. The highest BCUT2D eigenvalue weighted by molar-refractivity contribution is 5.37. The Morgan fingerprint density at radius 1 is 1.20 bits per heavy atom. The Bertz CT molecular complexity index is 350. The fourth-order valence-electron chi connectivity index (χ4n) is 2.37. The third-order valence-corrected chi connectivity index (χ3v) is 3.65. The average molecular weight is 204 g/mol. The summed E-state index contributed by atoms with van der Waals surface area (Å²) >= 11 is 0. The van der Waals surface area contributed by atoms with Gasteiger partial charge < -0.3 is 5.11 Å². The third kappa shape index (κ3) is 1.81. The first-order chi connectivity index (χ1) is 7.19. The second kappa shape index (κ2) is 3.97. The van der Waals surface area contributed by atoms with Crippen molar-refractivity contribution >= 4 is 0 Å². The van der Waals surface area contributed by atoms with Crippen molar-refractivity contribution in [2.24, 2.45) is 0 Å². The molecule has 15 heavy (non-hydrogen) atoms. The van der Waals surface area contributed by atoms with Crippen LogP contribution in [0.3, 0.4) is 0 Å². The maximum Gasteiger partial charge on any atom is 0.0899 e. The maximum absolute atomic E-state index is 10.4. The lowest BCUT2D eigenvalue weighted by atomic mass is 9.73. The highest BCUT2D eigenvalue weighted by atomic mass is 16.3. The van der Waals surface area contributed by atoms with Crippen LogP contribution < -0.4 is 0 Å². The van der Waals surface area contributed by atoms with Crippen LogP contribution in [0.15, 0.2) is 18.2 Å². The molecule has 1 nitrogen and oxygen atoms in total. The van der Waals surface area contributed by atoms with E-state index in [1.165, 1.54) is 16.7 Å². The van der Waals surface area contributed by atoms with E-state index in [9.17, 15) is 5.11 Å². The van der Waals surface area contributed by atoms with Crippen molar-refractivity contribution in [3.05, 3.63) is 34.9 Å². The highest BCUT2D eigenvalue weighted by Crippen LogP contribution is 2.42. The van der Waals surface area contributed by atoms with Gasteiger partial charge in [-0.2, -0.15) is 0 Å². The van der Waals surface area contributed by atoms with Gasteiger partial charge in [0.05, 0.1) is 5.60 Å². The molecule has 0 bridgehead atoms. The number of rotatable bonds is 3. The van der Waals surface area contributed by atoms with E-state index in [0.717, 1.165) is 32.1 Å². The van der Waals surface area contributed by atoms with Crippen LogP contribution in [0, 0.1) is 0 Å². The zero-order valence-electron chi connectivity index (χ0n) is 9.71. The molecule has 1 saturated carbocycles. The Kier molecular flexibility index (Phi) is 2.83. The molecule has 0 unspecified atom stereocenters. The first-order valence-electron chi connectivity index (χ1n) is 6.04. The number of hydrogen-bond donors (Lipinski definition) is 1. The number of benzene rings is 1. The quantitative estimate of drug-likeness (QED) is 0.801. The van der Waals surface area contributed by atoms with Gasteiger partial charge in [0.2, 0.25) is 0 Å². The number of aliphatic hydroxyl groups is 1. The van der Waals surface area contributed by atoms with E-state index in [2.05, 4.69) is 32.0 Å². The molecule has 0 aromatic heterocycles. The van der Waals surface area contributed by atoms with Crippen molar-refractivity contribution in [1.29, 1.82) is 0 Å². The SMILES string of the molecule is CCc1ccc(CC)c(C2(O)CCC2)c1. The minimum atomic E-state index is -0.503. The molecule has 1 N–H and O–H groups in total. The fourth-order valence-corrected chi connectivity index (χ4v) is 2.37. The molecule has 0 amide bonds. The second-order valence-corrected chi connectivity index (χ2v) is 4.58. The molecular formula is C14H20O. The second-order valence-electron chi connectivity index (χ2n) is 4.58. The molecule has 1 aromatic carbocycles. The maximum atomic E-state index is 10.4. The minimum absolute atomic E-state index is 0.503. The van der Waals surface area contributed by atoms with Crippen LogP contribution in [0.5, 0.6) is 0 Å². The smallest absolute Gasteiger partial charge is 0.0899 e. The van der Waals surface area contributed by atoms with E-state index in [0.29, 0.717) is 0 Å². The molecule has 0 heterocycles. The standard InChI is InChI=1S/C14H20O/c1-3-11-6-7-12(4-2)13(10-11)14(15)8-5-9-14/h6-7,10,15H,3-5,8-9H2,1-2H3. The zero-order valence-corrected chi connectivity index (χ0v) is 9.71. The molecule has 82 valence electrons. The molecular weight excluding hydrogens is 184 g/mol. The number of hydrogen-bond acceptors (Lipinski definition) is 1. The van der Waals surface area contributed by atoms with Crippen LogP contribution in [0.25, 0.3) is 0 Å². The Morgan fingerprint density at radius 2 is 1.93 bits per heavy atom. The lowest BCUT2D eigenvalue weighted by molar-refractivity contribution is -0.0395. The largest absolute Gasteiger partial charge is 0.385 e. The van der Waals surface area contributed by atoms with Gasteiger partial charge in [-0.05, 0) is 48.8 Å². The third-order valence-electron chi connectivity index (χ3n) is 3.65. The van der Waals surface area contributed by atoms with Gasteiger partial charge >= 0.3 is 0 Å². The van der Waals surface area contributed by atoms with Gasteiger partial charge in [-0.15, -0.1) is 0 Å². The van der Waals surface area contributed by atoms with Crippen LogP contribution >= 0.6 is 0 Å². The molecule has 0 atom stereocenters. The van der Waals surface area contributed by atoms with E-state index in [1.54, 1.807) is 0 Å². The van der Waals surface area contributed by atoms with E-state index >= 15 is 0 Å². The van der Waals surface area contributed by atoms with Crippen molar-refractivity contribution < 1.29 is 5.11 Å². The Balaban J connectivity index is 2.41. The predicted molar refractivity (Wildman–Crippen MR) is 62.9 cm³/mol. The summed E-state index contributed by atoms with van der Waals surface area (Å²) < 4.78 is 0. The summed E-state index contributed by atoms with van der Waals surface area (Å²) in [6.07, 6.45) is 5.10. The van der Waals surface area contributed by atoms with E-state index in [1.807, 2.05) is 0 Å². The Morgan fingerprint density at radius 3 is 2.40 bits per heavy atom. The van der Waals surface area contributed by atoms with Crippen molar-refractivity contribution in [3.63, 3.8) is 0 Å². The molecule has 2 rings (SSSR count). The molecule has 1 heteroatoms. The summed E-state index contributed by atoms with van der Waals surface area (Å²) in [5.41, 5.74) is 3.34. The first kappa shape index (κ1) is 10.7. The summed E-state index contributed by atoms with van der Waals surface area (Å²) in [4.78, 5) is 0. The van der Waals surface area contributed by atoms with Gasteiger partial charge in [0.15, 0.2) is 0 Å². The van der Waals surface area contributed by atoms with Crippen LogP contribution in [0.2, 0.25) is 0 Å². The molecule has 1 aromatic rings. The van der Waals surface area contributed by atoms with Crippen LogP contribution in [0.1, 0.15) is 49.8 Å². The first-order valence-corrected chi connectivity index (χ1v) is 6.04. The molecule has 0 spiro atoms. The molecule has 0 radical (unpaired) electrons. The molecule has 1 aliphatic rings. The summed E-state index contributed by atoms with van der Waals surface area (Å²) in [6.45, 7) is 4.32. The van der Waals surface area contributed by atoms with Crippen LogP contribution in [0.4, 0.5) is 0 Å².